The van der Waals surface area contributed by atoms with Crippen LogP contribution in [0.25, 0.3) is 0 Å². The standard InChI is InChI=1S/C25H25ClN4O6/c1-16-27-28-23(36-16)14-29-13-18-6-3-4-7-22(18)30(15-24(29)32)25(33)20-9-8-19(12-21(20)26)35-11-5-10-34-17(2)31/h3-4,6-9,12H,5,10-11,13-15H2,1-2H3. The lowest BCUT2D eigenvalue weighted by Gasteiger charge is -2.23. The maximum absolute atomic E-state index is 13.6. The van der Waals surface area contributed by atoms with Crippen LogP contribution >= 0.6 is 11.6 Å². The van der Waals surface area contributed by atoms with Crippen LogP contribution in [0.15, 0.2) is 46.9 Å². The second kappa shape index (κ2) is 11.2. The number of para-hydroxylation sites is 1. The number of rotatable bonds is 8. The largest absolute Gasteiger partial charge is 0.493 e. The highest BCUT2D eigenvalue weighted by molar-refractivity contribution is 6.34. The van der Waals surface area contributed by atoms with Gasteiger partial charge in [-0.05, 0) is 29.8 Å². The van der Waals surface area contributed by atoms with Crippen molar-refractivity contribution >= 4 is 35.1 Å². The zero-order chi connectivity index (χ0) is 25.7. The van der Waals surface area contributed by atoms with Gasteiger partial charge in [-0.3, -0.25) is 19.3 Å². The van der Waals surface area contributed by atoms with Crippen LogP contribution in [0.1, 0.15) is 41.0 Å². The average molecular weight is 513 g/mol. The fourth-order valence-electron chi connectivity index (χ4n) is 3.78. The van der Waals surface area contributed by atoms with Gasteiger partial charge in [-0.2, -0.15) is 0 Å². The minimum atomic E-state index is -0.405. The monoisotopic (exact) mass is 512 g/mol. The molecule has 0 saturated heterocycles. The molecule has 10 nitrogen and oxygen atoms in total. The van der Waals surface area contributed by atoms with Crippen molar-refractivity contribution < 1.29 is 28.3 Å². The molecule has 3 aromatic rings. The Balaban J connectivity index is 1.50. The Hall–Kier alpha value is -3.92. The predicted octanol–water partition coefficient (Wildman–Crippen LogP) is 3.55. The molecule has 2 heterocycles. The Bertz CT molecular complexity index is 1280. The number of nitrogens with zero attached hydrogens (tertiary/aromatic N) is 4. The minimum absolute atomic E-state index is 0.139. The Morgan fingerprint density at radius 1 is 1.11 bits per heavy atom. The zero-order valence-electron chi connectivity index (χ0n) is 19.9. The lowest BCUT2D eigenvalue weighted by molar-refractivity contribution is -0.141. The van der Waals surface area contributed by atoms with Gasteiger partial charge in [0.1, 0.15) is 12.3 Å². The van der Waals surface area contributed by atoms with E-state index in [2.05, 4.69) is 10.2 Å². The molecule has 1 aliphatic rings. The van der Waals surface area contributed by atoms with Crippen LogP contribution in [0, 0.1) is 6.92 Å². The van der Waals surface area contributed by atoms with Gasteiger partial charge >= 0.3 is 5.97 Å². The summed E-state index contributed by atoms with van der Waals surface area (Å²) in [5, 5.41) is 7.99. The molecule has 0 unspecified atom stereocenters. The number of esters is 1. The average Bonchev–Trinajstić information content (AvgIpc) is 3.20. The van der Waals surface area contributed by atoms with Crippen molar-refractivity contribution in [3.05, 3.63) is 70.4 Å². The Morgan fingerprint density at radius 2 is 1.92 bits per heavy atom. The Morgan fingerprint density at radius 3 is 2.64 bits per heavy atom. The summed E-state index contributed by atoms with van der Waals surface area (Å²) in [7, 11) is 0. The van der Waals surface area contributed by atoms with Gasteiger partial charge in [-0.1, -0.05) is 29.8 Å². The predicted molar refractivity (Wildman–Crippen MR) is 130 cm³/mol. The van der Waals surface area contributed by atoms with E-state index in [0.29, 0.717) is 36.2 Å². The summed E-state index contributed by atoms with van der Waals surface area (Å²) in [5.41, 5.74) is 1.67. The number of carbonyl (C=O) groups is 3. The van der Waals surface area contributed by atoms with Gasteiger partial charge in [0.05, 0.1) is 30.3 Å². The summed E-state index contributed by atoms with van der Waals surface area (Å²) in [6.45, 7) is 3.85. The van der Waals surface area contributed by atoms with Crippen molar-refractivity contribution in [2.45, 2.75) is 33.4 Å². The second-order valence-electron chi connectivity index (χ2n) is 8.17. The molecule has 0 fully saturated rings. The van der Waals surface area contributed by atoms with E-state index in [-0.39, 0.29) is 48.7 Å². The molecule has 1 aromatic heterocycles. The maximum Gasteiger partial charge on any atom is 0.302 e. The molecule has 0 atom stereocenters. The molecule has 0 spiro atoms. The fourth-order valence-corrected chi connectivity index (χ4v) is 4.03. The quantitative estimate of drug-likeness (QED) is 0.332. The topological polar surface area (TPSA) is 115 Å². The van der Waals surface area contributed by atoms with Crippen molar-refractivity contribution in [2.75, 3.05) is 24.7 Å². The fraction of sp³-hybridized carbons (Fsp3) is 0.320. The maximum atomic E-state index is 13.6. The van der Waals surface area contributed by atoms with Crippen LogP contribution in [-0.4, -0.2) is 52.6 Å². The number of anilines is 1. The zero-order valence-corrected chi connectivity index (χ0v) is 20.7. The molecular weight excluding hydrogens is 488 g/mol. The molecule has 4 rings (SSSR count). The first kappa shape index (κ1) is 25.2. The van der Waals surface area contributed by atoms with Crippen molar-refractivity contribution in [3.8, 4) is 5.75 Å². The van der Waals surface area contributed by atoms with Crippen molar-refractivity contribution in [1.29, 1.82) is 0 Å². The molecular formula is C25H25ClN4O6. The van der Waals surface area contributed by atoms with Crippen LogP contribution in [0.2, 0.25) is 5.02 Å². The summed E-state index contributed by atoms with van der Waals surface area (Å²) in [6.07, 6.45) is 0.518. The first-order valence-electron chi connectivity index (χ1n) is 11.3. The van der Waals surface area contributed by atoms with Gasteiger partial charge in [-0.15, -0.1) is 10.2 Å². The minimum Gasteiger partial charge on any atom is -0.493 e. The third-order valence-corrected chi connectivity index (χ3v) is 5.78. The van der Waals surface area contributed by atoms with Crippen molar-refractivity contribution in [2.24, 2.45) is 0 Å². The molecule has 1 aliphatic heterocycles. The van der Waals surface area contributed by atoms with Gasteiger partial charge in [0.15, 0.2) is 0 Å². The first-order chi connectivity index (χ1) is 17.3. The Kier molecular flexibility index (Phi) is 7.84. The second-order valence-corrected chi connectivity index (χ2v) is 8.58. The van der Waals surface area contributed by atoms with Gasteiger partial charge in [-0.25, -0.2) is 0 Å². The number of fused-ring (bicyclic) bond motifs is 1. The van der Waals surface area contributed by atoms with Crippen LogP contribution in [0.3, 0.4) is 0 Å². The SMILES string of the molecule is CC(=O)OCCCOc1ccc(C(=O)N2CC(=O)N(Cc3nnc(C)o3)Cc3ccccc32)c(Cl)c1. The lowest BCUT2D eigenvalue weighted by Crippen LogP contribution is -2.40. The number of aromatic nitrogens is 2. The number of hydrogen-bond acceptors (Lipinski definition) is 8. The highest BCUT2D eigenvalue weighted by Crippen LogP contribution is 2.30. The summed E-state index contributed by atoms with van der Waals surface area (Å²) < 4.78 is 15.9. The summed E-state index contributed by atoms with van der Waals surface area (Å²) in [6, 6.07) is 12.1. The van der Waals surface area contributed by atoms with Gasteiger partial charge < -0.3 is 18.8 Å². The van der Waals surface area contributed by atoms with E-state index in [1.54, 1.807) is 36.1 Å². The van der Waals surface area contributed by atoms with Crippen LogP contribution in [-0.2, 0) is 27.4 Å². The van der Waals surface area contributed by atoms with E-state index in [4.69, 9.17) is 25.5 Å². The summed E-state index contributed by atoms with van der Waals surface area (Å²) in [4.78, 5) is 40.5. The van der Waals surface area contributed by atoms with E-state index in [1.165, 1.54) is 11.8 Å². The van der Waals surface area contributed by atoms with Gasteiger partial charge in [0.2, 0.25) is 17.7 Å². The number of ether oxygens (including phenoxy) is 2. The van der Waals surface area contributed by atoms with Gasteiger partial charge in [0, 0.05) is 32.5 Å². The van der Waals surface area contributed by atoms with E-state index >= 15 is 0 Å². The molecule has 0 radical (unpaired) electrons. The Labute approximate surface area is 212 Å². The van der Waals surface area contributed by atoms with Crippen molar-refractivity contribution in [1.82, 2.24) is 15.1 Å². The molecule has 0 N–H and O–H groups in total. The van der Waals surface area contributed by atoms with E-state index < -0.39 is 5.91 Å². The number of hydrogen-bond donors (Lipinski definition) is 0. The van der Waals surface area contributed by atoms with Crippen molar-refractivity contribution in [3.63, 3.8) is 0 Å². The number of benzene rings is 2. The first-order valence-corrected chi connectivity index (χ1v) is 11.7. The molecule has 11 heteroatoms. The molecule has 2 aromatic carbocycles. The third kappa shape index (κ3) is 6.01. The lowest BCUT2D eigenvalue weighted by atomic mass is 10.1. The number of halogens is 1. The van der Waals surface area contributed by atoms with Crippen LogP contribution in [0.5, 0.6) is 5.75 Å². The highest BCUT2D eigenvalue weighted by Gasteiger charge is 2.31. The van der Waals surface area contributed by atoms with E-state index in [1.807, 2.05) is 18.2 Å². The molecule has 188 valence electrons. The highest BCUT2D eigenvalue weighted by atomic mass is 35.5. The molecule has 2 amide bonds. The summed E-state index contributed by atoms with van der Waals surface area (Å²) in [5.74, 6) is 0.201. The number of aryl methyl sites for hydroxylation is 1. The smallest absolute Gasteiger partial charge is 0.302 e. The third-order valence-electron chi connectivity index (χ3n) is 5.46. The number of amides is 2. The molecule has 0 aliphatic carbocycles. The van der Waals surface area contributed by atoms with Crippen LogP contribution < -0.4 is 9.64 Å². The number of carbonyl (C=O) groups excluding carboxylic acids is 3. The van der Waals surface area contributed by atoms with E-state index in [0.717, 1.165) is 5.56 Å². The van der Waals surface area contributed by atoms with Gasteiger partial charge in [0.25, 0.3) is 5.91 Å². The molecule has 36 heavy (non-hydrogen) atoms. The molecule has 0 saturated carbocycles. The van der Waals surface area contributed by atoms with Crippen LogP contribution in [0.4, 0.5) is 5.69 Å². The molecule has 0 bridgehead atoms. The van der Waals surface area contributed by atoms with E-state index in [9.17, 15) is 14.4 Å². The summed E-state index contributed by atoms with van der Waals surface area (Å²) >= 11 is 6.45. The normalized spacial score (nSPS) is 13.2.